The van der Waals surface area contributed by atoms with Crippen LogP contribution >= 0.6 is 0 Å². The molecular weight excluding hydrogens is 553 g/mol. The quantitative estimate of drug-likeness (QED) is 0.0492. The summed E-state index contributed by atoms with van der Waals surface area (Å²) in [5.41, 5.74) is 5.75. The monoisotopic (exact) mass is 629 g/mol. The average Bonchev–Trinajstić information content (AvgIpc) is 3.02. The van der Waals surface area contributed by atoms with Crippen LogP contribution in [0.15, 0.2) is 85.0 Å². The van der Waals surface area contributed by atoms with E-state index in [1.54, 1.807) is 0 Å². The average molecular weight is 629 g/mol. The van der Waals surface area contributed by atoms with Gasteiger partial charge in [0.2, 0.25) is 0 Å². The van der Waals surface area contributed by atoms with Gasteiger partial charge in [0.1, 0.15) is 0 Å². The van der Waals surface area contributed by atoms with Gasteiger partial charge in [-0.3, -0.25) is 0 Å². The predicted octanol–water partition coefficient (Wildman–Crippen LogP) is 15.4. The lowest BCUT2D eigenvalue weighted by molar-refractivity contribution is 0.527. The van der Waals surface area contributed by atoms with E-state index < -0.39 is 0 Å². The summed E-state index contributed by atoms with van der Waals surface area (Å²) in [4.78, 5) is 0. The molecule has 0 nitrogen and oxygen atoms in total. The second kappa shape index (κ2) is 26.9. The Labute approximate surface area is 289 Å². The Morgan fingerprint density at radius 2 is 1.22 bits per heavy atom. The molecule has 260 valence electrons. The number of hydrogen-bond donors (Lipinski definition) is 0. The van der Waals surface area contributed by atoms with Crippen molar-refractivity contribution in [1.82, 2.24) is 0 Å². The first-order valence-corrected chi connectivity index (χ1v) is 19.6. The van der Waals surface area contributed by atoms with Gasteiger partial charge < -0.3 is 0 Å². The van der Waals surface area contributed by atoms with Gasteiger partial charge in [-0.15, -0.1) is 0 Å². The molecule has 0 heterocycles. The predicted molar refractivity (Wildman–Crippen MR) is 211 cm³/mol. The van der Waals surface area contributed by atoms with Crippen molar-refractivity contribution >= 4 is 0 Å². The number of benzene rings is 1. The third kappa shape index (κ3) is 22.4. The lowest BCUT2D eigenvalue weighted by Gasteiger charge is -2.19. The van der Waals surface area contributed by atoms with Crippen molar-refractivity contribution in [2.75, 3.05) is 0 Å². The molecule has 1 aromatic carbocycles. The van der Waals surface area contributed by atoms with Crippen molar-refractivity contribution in [3.05, 3.63) is 96.2 Å². The van der Waals surface area contributed by atoms with Crippen LogP contribution in [0.4, 0.5) is 0 Å². The first-order chi connectivity index (χ1) is 22.2. The summed E-state index contributed by atoms with van der Waals surface area (Å²) in [5, 5.41) is 0. The van der Waals surface area contributed by atoms with Crippen LogP contribution in [0.5, 0.6) is 0 Å². The molecule has 0 aliphatic rings. The molecule has 0 spiro atoms. The SMILES string of the molecule is C=C/C=C(\C=C/CC(=C)C(C)/C=C\CC(C)Cc1ccc(C(C)(C)C)cc1)CCCCCCCCCCCCCCCCCCC. The zero-order chi connectivity index (χ0) is 33.9. The van der Waals surface area contributed by atoms with E-state index in [-0.39, 0.29) is 5.41 Å². The Balaban J connectivity index is 2.15. The first-order valence-electron chi connectivity index (χ1n) is 19.6. The Morgan fingerprint density at radius 3 is 1.70 bits per heavy atom. The fourth-order valence-electron chi connectivity index (χ4n) is 6.25. The van der Waals surface area contributed by atoms with E-state index in [0.29, 0.717) is 11.8 Å². The lowest BCUT2D eigenvalue weighted by Crippen LogP contribution is -2.10. The molecule has 0 N–H and O–H groups in total. The van der Waals surface area contributed by atoms with Crippen molar-refractivity contribution < 1.29 is 0 Å². The minimum Gasteiger partial charge on any atom is -0.0991 e. The Kier molecular flexibility index (Phi) is 24.6. The number of allylic oxidation sites excluding steroid dienone is 8. The molecule has 0 saturated heterocycles. The summed E-state index contributed by atoms with van der Waals surface area (Å²) in [7, 11) is 0. The molecule has 0 aromatic heterocycles. The summed E-state index contributed by atoms with van der Waals surface area (Å²) in [5.74, 6) is 1.04. The molecule has 0 amide bonds. The van der Waals surface area contributed by atoms with Gasteiger partial charge in [0.05, 0.1) is 0 Å². The highest BCUT2D eigenvalue weighted by atomic mass is 14.2. The highest BCUT2D eigenvalue weighted by molar-refractivity contribution is 5.28. The molecular formula is C46H76. The molecule has 46 heavy (non-hydrogen) atoms. The molecule has 0 fully saturated rings. The third-order valence-electron chi connectivity index (χ3n) is 9.62. The van der Waals surface area contributed by atoms with E-state index in [9.17, 15) is 0 Å². The Bertz CT molecular complexity index is 976. The fraction of sp³-hybridized carbons (Fsp3) is 0.652. The van der Waals surface area contributed by atoms with Crippen molar-refractivity contribution in [2.45, 2.75) is 182 Å². The molecule has 0 saturated carbocycles. The normalized spacial score (nSPS) is 13.9. The van der Waals surface area contributed by atoms with Crippen LogP contribution in [0.3, 0.4) is 0 Å². The first kappa shape index (κ1) is 41.9. The van der Waals surface area contributed by atoms with E-state index in [4.69, 9.17) is 0 Å². The summed E-state index contributed by atoms with van der Waals surface area (Å²) >= 11 is 0. The summed E-state index contributed by atoms with van der Waals surface area (Å²) in [6.07, 6.45) is 41.9. The van der Waals surface area contributed by atoms with Crippen LogP contribution < -0.4 is 0 Å². The Morgan fingerprint density at radius 1 is 0.717 bits per heavy atom. The zero-order valence-corrected chi connectivity index (χ0v) is 31.7. The van der Waals surface area contributed by atoms with Gasteiger partial charge in [0, 0.05) is 0 Å². The molecule has 0 bridgehead atoms. The highest BCUT2D eigenvalue weighted by Gasteiger charge is 2.13. The summed E-state index contributed by atoms with van der Waals surface area (Å²) < 4.78 is 0. The molecule has 1 rings (SSSR count). The minimum atomic E-state index is 0.218. The number of unbranched alkanes of at least 4 members (excludes halogenated alkanes) is 16. The van der Waals surface area contributed by atoms with Gasteiger partial charge in [-0.2, -0.15) is 0 Å². The van der Waals surface area contributed by atoms with Crippen molar-refractivity contribution in [3.63, 3.8) is 0 Å². The van der Waals surface area contributed by atoms with E-state index in [0.717, 1.165) is 25.7 Å². The van der Waals surface area contributed by atoms with Crippen molar-refractivity contribution in [1.29, 1.82) is 0 Å². The second-order valence-corrected chi connectivity index (χ2v) is 15.4. The standard InChI is InChI=1S/C46H76/c1-9-11-12-13-14-15-16-17-18-19-20-21-22-23-24-25-26-33-43(29-10-2)34-28-32-42(5)41(4)31-27-30-40(3)39-44-35-37-45(38-36-44)46(6,7)8/h10,27-29,31,34-38,40-41H,2,5,9,11-26,30,32-33,39H2,1,3-4,6-8H3/b31-27-,34-28-,43-29-. The van der Waals surface area contributed by atoms with Crippen molar-refractivity contribution in [3.8, 4) is 0 Å². The molecule has 2 unspecified atom stereocenters. The second-order valence-electron chi connectivity index (χ2n) is 15.4. The van der Waals surface area contributed by atoms with Gasteiger partial charge in [-0.05, 0) is 66.1 Å². The van der Waals surface area contributed by atoms with Crippen LogP contribution in [0, 0.1) is 11.8 Å². The lowest BCUT2D eigenvalue weighted by atomic mass is 9.86. The smallest absolute Gasteiger partial charge is 0.00512 e. The molecule has 0 radical (unpaired) electrons. The highest BCUT2D eigenvalue weighted by Crippen LogP contribution is 2.24. The third-order valence-corrected chi connectivity index (χ3v) is 9.62. The molecule has 0 aliphatic carbocycles. The van der Waals surface area contributed by atoms with E-state index in [1.807, 2.05) is 6.08 Å². The van der Waals surface area contributed by atoms with Gasteiger partial charge in [-0.25, -0.2) is 0 Å². The van der Waals surface area contributed by atoms with E-state index in [2.05, 4.69) is 109 Å². The van der Waals surface area contributed by atoms with Gasteiger partial charge in [-0.1, -0.05) is 224 Å². The van der Waals surface area contributed by atoms with Crippen molar-refractivity contribution in [2.24, 2.45) is 11.8 Å². The van der Waals surface area contributed by atoms with Crippen LogP contribution in [-0.2, 0) is 11.8 Å². The van der Waals surface area contributed by atoms with Gasteiger partial charge in [0.25, 0.3) is 0 Å². The van der Waals surface area contributed by atoms with Crippen LogP contribution in [-0.4, -0.2) is 0 Å². The van der Waals surface area contributed by atoms with Gasteiger partial charge in [0.15, 0.2) is 0 Å². The zero-order valence-electron chi connectivity index (χ0n) is 31.7. The molecule has 1 aromatic rings. The van der Waals surface area contributed by atoms with Crippen LogP contribution in [0.2, 0.25) is 0 Å². The number of rotatable bonds is 28. The minimum absolute atomic E-state index is 0.218. The largest absolute Gasteiger partial charge is 0.0991 e. The maximum atomic E-state index is 4.40. The molecule has 0 heteroatoms. The van der Waals surface area contributed by atoms with E-state index in [1.165, 1.54) is 131 Å². The van der Waals surface area contributed by atoms with E-state index >= 15 is 0 Å². The fourth-order valence-corrected chi connectivity index (χ4v) is 6.25. The van der Waals surface area contributed by atoms with Gasteiger partial charge >= 0.3 is 0 Å². The van der Waals surface area contributed by atoms with Crippen LogP contribution in [0.1, 0.15) is 181 Å². The maximum Gasteiger partial charge on any atom is -0.00512 e. The Hall–Kier alpha value is -2.08. The summed E-state index contributed by atoms with van der Waals surface area (Å²) in [6.45, 7) is 22.1. The number of hydrogen-bond acceptors (Lipinski definition) is 0. The summed E-state index contributed by atoms with van der Waals surface area (Å²) in [6, 6.07) is 9.23. The molecule has 0 aliphatic heterocycles. The topological polar surface area (TPSA) is 0 Å². The molecule has 2 atom stereocenters. The maximum absolute atomic E-state index is 4.40. The van der Waals surface area contributed by atoms with Crippen LogP contribution in [0.25, 0.3) is 0 Å².